The summed E-state index contributed by atoms with van der Waals surface area (Å²) >= 11 is 6.04. The van der Waals surface area contributed by atoms with Gasteiger partial charge >= 0.3 is 0 Å². The van der Waals surface area contributed by atoms with Crippen molar-refractivity contribution >= 4 is 28.4 Å². The number of hydrogen-bond acceptors (Lipinski definition) is 4. The number of benzene rings is 1. The number of aromatic nitrogens is 2. The highest BCUT2D eigenvalue weighted by molar-refractivity contribution is 6.31. The second kappa shape index (κ2) is 6.11. The Kier molecular flexibility index (Phi) is 4.31. The van der Waals surface area contributed by atoms with Gasteiger partial charge in [-0.3, -0.25) is 9.89 Å². The summed E-state index contributed by atoms with van der Waals surface area (Å²) in [7, 11) is 1.63. The van der Waals surface area contributed by atoms with Gasteiger partial charge in [-0.25, -0.2) is 0 Å². The Morgan fingerprint density at radius 2 is 2.35 bits per heavy atom. The van der Waals surface area contributed by atoms with Gasteiger partial charge in [-0.05, 0) is 32.0 Å². The van der Waals surface area contributed by atoms with Crippen LogP contribution < -0.4 is 0 Å². The Morgan fingerprint density at radius 3 is 3.09 bits per heavy atom. The molecule has 0 radical (unpaired) electrons. The first-order valence-corrected chi connectivity index (χ1v) is 7.87. The maximum absolute atomic E-state index is 12.9. The molecule has 0 spiro atoms. The molecule has 1 atom stereocenters. The van der Waals surface area contributed by atoms with Crippen molar-refractivity contribution in [2.24, 2.45) is 0 Å². The molecule has 1 aromatic carbocycles. The molecule has 23 heavy (non-hydrogen) atoms. The number of morpholine rings is 1. The van der Waals surface area contributed by atoms with Crippen LogP contribution in [0.15, 0.2) is 18.2 Å². The number of carbonyl (C=O) groups is 1. The minimum Gasteiger partial charge on any atom is -0.382 e. The number of nitrogens with zero attached hydrogens (tertiary/aromatic N) is 2. The number of halogens is 1. The number of aromatic amines is 1. The SMILES string of the molecule is COC[C@@H]1CN(C(=O)c2n[nH]c3ccc(Cl)cc23)CC(C)(C)O1. The molecule has 1 amide bonds. The van der Waals surface area contributed by atoms with E-state index in [4.69, 9.17) is 21.1 Å². The molecule has 0 aliphatic carbocycles. The van der Waals surface area contributed by atoms with E-state index < -0.39 is 5.60 Å². The first-order valence-electron chi connectivity index (χ1n) is 7.49. The van der Waals surface area contributed by atoms with E-state index in [0.29, 0.717) is 30.4 Å². The molecule has 7 heteroatoms. The minimum absolute atomic E-state index is 0.129. The van der Waals surface area contributed by atoms with Crippen LogP contribution in [-0.2, 0) is 9.47 Å². The highest BCUT2D eigenvalue weighted by atomic mass is 35.5. The average molecular weight is 338 g/mol. The van der Waals surface area contributed by atoms with Gasteiger partial charge in [0.1, 0.15) is 0 Å². The molecule has 6 nitrogen and oxygen atoms in total. The molecule has 1 aliphatic heterocycles. The Balaban J connectivity index is 1.90. The summed E-state index contributed by atoms with van der Waals surface area (Å²) in [4.78, 5) is 14.7. The predicted molar refractivity (Wildman–Crippen MR) is 87.8 cm³/mol. The van der Waals surface area contributed by atoms with E-state index in [2.05, 4.69) is 10.2 Å². The molecular formula is C16H20ClN3O3. The summed E-state index contributed by atoms with van der Waals surface area (Å²) in [6.45, 7) is 5.36. The average Bonchev–Trinajstić information content (AvgIpc) is 2.88. The van der Waals surface area contributed by atoms with Crippen LogP contribution in [0.1, 0.15) is 24.3 Å². The lowest BCUT2D eigenvalue weighted by Gasteiger charge is -2.42. The molecule has 0 saturated carbocycles. The van der Waals surface area contributed by atoms with Crippen molar-refractivity contribution in [3.63, 3.8) is 0 Å². The van der Waals surface area contributed by atoms with Crippen LogP contribution in [0.4, 0.5) is 0 Å². The van der Waals surface area contributed by atoms with Crippen molar-refractivity contribution < 1.29 is 14.3 Å². The van der Waals surface area contributed by atoms with E-state index in [9.17, 15) is 4.79 Å². The monoisotopic (exact) mass is 337 g/mol. The van der Waals surface area contributed by atoms with E-state index in [0.717, 1.165) is 10.9 Å². The lowest BCUT2D eigenvalue weighted by molar-refractivity contribution is -0.143. The number of rotatable bonds is 3. The van der Waals surface area contributed by atoms with Crippen LogP contribution in [0.25, 0.3) is 10.9 Å². The molecule has 1 fully saturated rings. The summed E-state index contributed by atoms with van der Waals surface area (Å²) in [5.74, 6) is -0.129. The van der Waals surface area contributed by atoms with Crippen molar-refractivity contribution in [1.82, 2.24) is 15.1 Å². The number of amides is 1. The summed E-state index contributed by atoms with van der Waals surface area (Å²) in [6.07, 6.45) is -0.151. The van der Waals surface area contributed by atoms with E-state index in [-0.39, 0.29) is 12.0 Å². The Labute approximate surface area is 139 Å². The van der Waals surface area contributed by atoms with Crippen molar-refractivity contribution in [2.45, 2.75) is 25.6 Å². The maximum atomic E-state index is 12.9. The van der Waals surface area contributed by atoms with Gasteiger partial charge in [0.05, 0.1) is 23.8 Å². The van der Waals surface area contributed by atoms with Crippen LogP contribution in [0.5, 0.6) is 0 Å². The van der Waals surface area contributed by atoms with Gasteiger partial charge in [0.15, 0.2) is 5.69 Å². The molecule has 2 aromatic rings. The third kappa shape index (κ3) is 3.34. The smallest absolute Gasteiger partial charge is 0.275 e. The van der Waals surface area contributed by atoms with Crippen LogP contribution in [0.3, 0.4) is 0 Å². The van der Waals surface area contributed by atoms with Gasteiger partial charge in [-0.1, -0.05) is 11.6 Å². The van der Waals surface area contributed by atoms with Gasteiger partial charge < -0.3 is 14.4 Å². The molecule has 1 aliphatic rings. The fourth-order valence-corrected chi connectivity index (χ4v) is 3.19. The van der Waals surface area contributed by atoms with E-state index >= 15 is 0 Å². The van der Waals surface area contributed by atoms with Crippen molar-refractivity contribution in [3.05, 3.63) is 28.9 Å². The summed E-state index contributed by atoms with van der Waals surface area (Å²) in [5, 5.41) is 8.37. The van der Waals surface area contributed by atoms with Crippen LogP contribution >= 0.6 is 11.6 Å². The standard InChI is InChI=1S/C16H20ClN3O3/c1-16(2)9-20(7-11(23-16)8-22-3)15(21)14-12-6-10(17)4-5-13(12)18-19-14/h4-6,11H,7-9H2,1-3H3,(H,18,19)/t11-/m0/s1. The second-order valence-electron chi connectivity index (χ2n) is 6.40. The van der Waals surface area contributed by atoms with Crippen LogP contribution in [-0.4, -0.2) is 59.5 Å². The largest absolute Gasteiger partial charge is 0.382 e. The third-order valence-electron chi connectivity index (χ3n) is 3.85. The number of nitrogens with one attached hydrogen (secondary N) is 1. The van der Waals surface area contributed by atoms with Gasteiger partial charge in [-0.2, -0.15) is 5.10 Å². The van der Waals surface area contributed by atoms with Crippen molar-refractivity contribution in [3.8, 4) is 0 Å². The topological polar surface area (TPSA) is 67.5 Å². The van der Waals surface area contributed by atoms with Gasteiger partial charge in [-0.15, -0.1) is 0 Å². The van der Waals surface area contributed by atoms with E-state index in [1.807, 2.05) is 19.9 Å². The van der Waals surface area contributed by atoms with Crippen LogP contribution in [0.2, 0.25) is 5.02 Å². The zero-order valence-corrected chi connectivity index (χ0v) is 14.2. The van der Waals surface area contributed by atoms with Gasteiger partial charge in [0, 0.05) is 30.6 Å². The Morgan fingerprint density at radius 1 is 1.57 bits per heavy atom. The zero-order chi connectivity index (χ0) is 16.6. The fourth-order valence-electron chi connectivity index (χ4n) is 3.02. The number of hydrogen-bond donors (Lipinski definition) is 1. The van der Waals surface area contributed by atoms with Crippen LogP contribution in [0, 0.1) is 0 Å². The molecule has 1 aromatic heterocycles. The first-order chi connectivity index (χ1) is 10.9. The molecule has 0 bridgehead atoms. The van der Waals surface area contributed by atoms with Gasteiger partial charge in [0.25, 0.3) is 5.91 Å². The number of carbonyl (C=O) groups excluding carboxylic acids is 1. The van der Waals surface area contributed by atoms with E-state index in [1.54, 1.807) is 24.1 Å². The normalized spacial score (nSPS) is 20.9. The highest BCUT2D eigenvalue weighted by Gasteiger charge is 2.36. The lowest BCUT2D eigenvalue weighted by atomic mass is 10.0. The fraction of sp³-hybridized carbons (Fsp3) is 0.500. The second-order valence-corrected chi connectivity index (χ2v) is 6.84. The summed E-state index contributed by atoms with van der Waals surface area (Å²) < 4.78 is 11.1. The number of H-pyrrole nitrogens is 1. The third-order valence-corrected chi connectivity index (χ3v) is 4.08. The number of methoxy groups -OCH3 is 1. The maximum Gasteiger partial charge on any atom is 0.275 e. The molecule has 3 rings (SSSR count). The first kappa shape index (κ1) is 16.2. The van der Waals surface area contributed by atoms with E-state index in [1.165, 1.54) is 0 Å². The number of fused-ring (bicyclic) bond motifs is 1. The van der Waals surface area contributed by atoms with Crippen molar-refractivity contribution in [1.29, 1.82) is 0 Å². The Hall–Kier alpha value is -1.63. The minimum atomic E-state index is -0.430. The summed E-state index contributed by atoms with van der Waals surface area (Å²) in [6, 6.07) is 5.34. The zero-order valence-electron chi connectivity index (χ0n) is 13.4. The molecule has 2 heterocycles. The quantitative estimate of drug-likeness (QED) is 0.934. The molecule has 1 N–H and O–H groups in total. The predicted octanol–water partition coefficient (Wildman–Crippen LogP) is 2.48. The Bertz CT molecular complexity index is 728. The molecular weight excluding hydrogens is 318 g/mol. The highest BCUT2D eigenvalue weighted by Crippen LogP contribution is 2.26. The van der Waals surface area contributed by atoms with Crippen molar-refractivity contribution in [2.75, 3.05) is 26.8 Å². The van der Waals surface area contributed by atoms with Gasteiger partial charge in [0.2, 0.25) is 0 Å². The molecule has 0 unspecified atom stereocenters. The molecule has 1 saturated heterocycles. The number of ether oxygens (including phenoxy) is 2. The lowest BCUT2D eigenvalue weighted by Crippen LogP contribution is -2.55. The molecule has 124 valence electrons. The summed E-state index contributed by atoms with van der Waals surface area (Å²) in [5.41, 5.74) is 0.746.